The first kappa shape index (κ1) is 22.5. The average molecular weight is 181 g/mol. The summed E-state index contributed by atoms with van der Waals surface area (Å²) < 4.78 is 0. The third-order valence-corrected chi connectivity index (χ3v) is 0. The molecule has 0 aromatic heterocycles. The number of nitrogens with zero attached hydrogens (tertiary/aromatic N) is 2. The van der Waals surface area contributed by atoms with Crippen molar-refractivity contribution in [1.29, 1.82) is 0 Å². The van der Waals surface area contributed by atoms with Gasteiger partial charge in [-0.05, 0) is 0 Å². The van der Waals surface area contributed by atoms with Crippen LogP contribution in [0, 0.1) is 25.4 Å². The summed E-state index contributed by atoms with van der Waals surface area (Å²) in [6, 6.07) is 0. The largest absolute Gasteiger partial charge is 1.00 e. The van der Waals surface area contributed by atoms with E-state index in [1.165, 1.54) is 0 Å². The zero-order valence-corrected chi connectivity index (χ0v) is 8.21. The zero-order chi connectivity index (χ0) is 7.15. The monoisotopic (exact) mass is 181 g/mol. The predicted molar refractivity (Wildman–Crippen MR) is 24.2 cm³/mol. The van der Waals surface area contributed by atoms with E-state index >= 15 is 0 Å². The van der Waals surface area contributed by atoms with E-state index in [0.717, 1.165) is 0 Å². The number of hydrogen-bond donors (Lipinski definition) is 2. The summed E-state index contributed by atoms with van der Waals surface area (Å²) in [6.45, 7) is 0. The maximum Gasteiger partial charge on any atom is 1.00 e. The maximum absolute atomic E-state index is 8.36. The smallest absolute Gasteiger partial charge is 0.356 e. The first-order valence-corrected chi connectivity index (χ1v) is 1.11. The SMILES string of the molecule is N.O=[N+]([O-])O.O=[N+]([O-])[O-].[K+]. The van der Waals surface area contributed by atoms with Crippen molar-refractivity contribution in [2.24, 2.45) is 0 Å². The van der Waals surface area contributed by atoms with E-state index in [9.17, 15) is 0 Å². The van der Waals surface area contributed by atoms with Crippen LogP contribution in [-0.4, -0.2) is 15.4 Å². The molecule has 0 radical (unpaired) electrons. The van der Waals surface area contributed by atoms with Crippen LogP contribution in [0.15, 0.2) is 0 Å². The molecule has 9 nitrogen and oxygen atoms in total. The van der Waals surface area contributed by atoms with Crippen molar-refractivity contribution in [2.45, 2.75) is 0 Å². The molecule has 4 N–H and O–H groups in total. The van der Waals surface area contributed by atoms with Crippen LogP contribution in [0.25, 0.3) is 0 Å². The van der Waals surface area contributed by atoms with E-state index in [1.807, 2.05) is 0 Å². The Bertz CT molecular complexity index is 71.0. The van der Waals surface area contributed by atoms with Gasteiger partial charge in [-0.3, -0.25) is 0 Å². The Kier molecular flexibility index (Phi) is 36.0. The Labute approximate surface area is 97.2 Å². The topological polar surface area (TPSA) is 165 Å². The van der Waals surface area contributed by atoms with E-state index in [2.05, 4.69) is 0 Å². The average Bonchev–Trinajstić information content (AvgIpc) is 1.25. The Balaban J connectivity index is -0.0000000300. The molecule has 0 aromatic carbocycles. The second kappa shape index (κ2) is 16.0. The third-order valence-electron chi connectivity index (χ3n) is 0. The molecule has 0 rings (SSSR count). The van der Waals surface area contributed by atoms with Crippen molar-refractivity contribution < 1.29 is 66.8 Å². The third kappa shape index (κ3) is 29600000. The molecule has 0 heterocycles. The van der Waals surface area contributed by atoms with Crippen molar-refractivity contribution in [2.75, 3.05) is 0 Å². The second-order valence-electron chi connectivity index (χ2n) is 0.461. The molecule has 0 spiro atoms. The van der Waals surface area contributed by atoms with Gasteiger partial charge in [0.05, 0.1) is 5.09 Å². The van der Waals surface area contributed by atoms with Gasteiger partial charge < -0.3 is 26.7 Å². The quantitative estimate of drug-likeness (QED) is 0.223. The van der Waals surface area contributed by atoms with Crippen LogP contribution in [0.2, 0.25) is 0 Å². The van der Waals surface area contributed by atoms with Crippen molar-refractivity contribution in [3.05, 3.63) is 25.4 Å². The molecule has 10 heteroatoms. The fourth-order valence-electron chi connectivity index (χ4n) is 0. The zero-order valence-electron chi connectivity index (χ0n) is 5.09. The molecule has 10 heavy (non-hydrogen) atoms. The first-order chi connectivity index (χ1) is 3.46. The molecule has 0 fully saturated rings. The summed E-state index contributed by atoms with van der Waals surface area (Å²) in [6.07, 6.45) is 0. The minimum Gasteiger partial charge on any atom is -0.356 e. The van der Waals surface area contributed by atoms with Gasteiger partial charge >= 0.3 is 51.4 Å². The van der Waals surface area contributed by atoms with E-state index < -0.39 is 10.2 Å². The van der Waals surface area contributed by atoms with Gasteiger partial charge in [-0.1, -0.05) is 0 Å². The normalized spacial score (nSPS) is 4.80. The summed E-state index contributed by atoms with van der Waals surface area (Å²) in [7, 11) is 0. The first-order valence-electron chi connectivity index (χ1n) is 1.11. The summed E-state index contributed by atoms with van der Waals surface area (Å²) in [4.78, 5) is 16.6. The molecule has 0 unspecified atom stereocenters. The molecular formula is H4KN3O6. The van der Waals surface area contributed by atoms with E-state index in [0.29, 0.717) is 0 Å². The number of rotatable bonds is 0. The fourth-order valence-corrected chi connectivity index (χ4v) is 0. The molecule has 0 aromatic rings. The number of hydrogen-bond acceptors (Lipinski definition) is 6. The van der Waals surface area contributed by atoms with E-state index in [1.54, 1.807) is 0 Å². The molecule has 0 aliphatic carbocycles. The van der Waals surface area contributed by atoms with Crippen LogP contribution in [0.1, 0.15) is 0 Å². The van der Waals surface area contributed by atoms with Crippen LogP contribution >= 0.6 is 0 Å². The minimum absolute atomic E-state index is 0. The molecule has 0 amide bonds. The molecule has 0 aliphatic heterocycles. The standard InChI is InChI=1S/K.HNO3.NO3.H3N/c;2*2-1(3)4;/h;(H,2,3,4);;1H3/q+1;;-1;. The Morgan fingerprint density at radius 3 is 1.10 bits per heavy atom. The van der Waals surface area contributed by atoms with Crippen LogP contribution in [0.4, 0.5) is 0 Å². The van der Waals surface area contributed by atoms with Gasteiger partial charge in [0, 0.05) is 0 Å². The fraction of sp³-hybridized carbons (Fsp3) is 0. The molecule has 56 valence electrons. The minimum atomic E-state index is -1.75. The molecule has 0 atom stereocenters. The second-order valence-corrected chi connectivity index (χ2v) is 0.461. The maximum atomic E-state index is 8.36. The Morgan fingerprint density at radius 1 is 1.10 bits per heavy atom. The van der Waals surface area contributed by atoms with Gasteiger partial charge in [0.25, 0.3) is 5.09 Å². The van der Waals surface area contributed by atoms with Crippen molar-refractivity contribution in [3.63, 3.8) is 0 Å². The van der Waals surface area contributed by atoms with E-state index in [-0.39, 0.29) is 57.5 Å². The van der Waals surface area contributed by atoms with Gasteiger partial charge in [-0.2, -0.15) is 0 Å². The van der Waals surface area contributed by atoms with Gasteiger partial charge in [0.2, 0.25) is 0 Å². The van der Waals surface area contributed by atoms with Crippen LogP contribution in [0.5, 0.6) is 0 Å². The summed E-state index contributed by atoms with van der Waals surface area (Å²) in [5.74, 6) is 0. The van der Waals surface area contributed by atoms with Crippen molar-refractivity contribution in [1.82, 2.24) is 6.15 Å². The predicted octanol–water partition coefficient (Wildman–Crippen LogP) is -3.42. The summed E-state index contributed by atoms with van der Waals surface area (Å²) in [5, 5.41) is 28.4. The summed E-state index contributed by atoms with van der Waals surface area (Å²) in [5.41, 5.74) is 0. The molecule has 0 bridgehead atoms. The van der Waals surface area contributed by atoms with Gasteiger partial charge in [-0.15, -0.1) is 10.1 Å². The van der Waals surface area contributed by atoms with Crippen molar-refractivity contribution >= 4 is 0 Å². The van der Waals surface area contributed by atoms with E-state index in [4.69, 9.17) is 30.6 Å². The molecule has 0 saturated heterocycles. The van der Waals surface area contributed by atoms with Gasteiger partial charge in [0.15, 0.2) is 0 Å². The molecule has 0 aliphatic rings. The van der Waals surface area contributed by atoms with Crippen LogP contribution in [-0.2, 0) is 0 Å². The van der Waals surface area contributed by atoms with Gasteiger partial charge in [0.1, 0.15) is 0 Å². The van der Waals surface area contributed by atoms with Crippen LogP contribution < -0.4 is 57.5 Å². The molecular weight excluding hydrogens is 177 g/mol. The Morgan fingerprint density at radius 2 is 1.10 bits per heavy atom. The van der Waals surface area contributed by atoms with Crippen molar-refractivity contribution in [3.8, 4) is 0 Å². The van der Waals surface area contributed by atoms with Gasteiger partial charge in [-0.25, -0.2) is 0 Å². The summed E-state index contributed by atoms with van der Waals surface area (Å²) >= 11 is 0. The Hall–Kier alpha value is -0.00364. The molecule has 0 saturated carbocycles. The van der Waals surface area contributed by atoms with Crippen LogP contribution in [0.3, 0.4) is 0 Å².